The highest BCUT2D eigenvalue weighted by Crippen LogP contribution is 2.32. The molecule has 0 radical (unpaired) electrons. The van der Waals surface area contributed by atoms with Gasteiger partial charge in [0.1, 0.15) is 5.75 Å². The quantitative estimate of drug-likeness (QED) is 0.639. The third-order valence-corrected chi connectivity index (χ3v) is 6.95. The molecular weight excluding hydrogens is 396 g/mol. The number of aromatic nitrogens is 1. The van der Waals surface area contributed by atoms with Crippen LogP contribution in [-0.2, 0) is 15.5 Å². The van der Waals surface area contributed by atoms with Crippen LogP contribution in [-0.4, -0.2) is 34.8 Å². The van der Waals surface area contributed by atoms with E-state index in [4.69, 9.17) is 21.1 Å². The number of nitrogens with one attached hydrogen (secondary N) is 1. The summed E-state index contributed by atoms with van der Waals surface area (Å²) in [6.07, 6.45) is 3.41. The molecule has 1 aliphatic heterocycles. The predicted molar refractivity (Wildman–Crippen MR) is 113 cm³/mol. The van der Waals surface area contributed by atoms with Gasteiger partial charge in [-0.05, 0) is 49.2 Å². The van der Waals surface area contributed by atoms with E-state index in [0.29, 0.717) is 24.0 Å². The first kappa shape index (κ1) is 19.2. The highest BCUT2D eigenvalue weighted by molar-refractivity contribution is 7.85. The van der Waals surface area contributed by atoms with Crippen LogP contribution >= 0.6 is 11.6 Å². The predicted octanol–water partition coefficient (Wildman–Crippen LogP) is 4.93. The van der Waals surface area contributed by atoms with Gasteiger partial charge in [0.15, 0.2) is 0 Å². The first-order valence-corrected chi connectivity index (χ1v) is 10.7. The average Bonchev–Trinajstić information content (AvgIpc) is 2.75. The molecule has 2 heterocycles. The Balaban J connectivity index is 1.67. The van der Waals surface area contributed by atoms with Gasteiger partial charge in [-0.3, -0.25) is 9.19 Å². The maximum atomic E-state index is 13.0. The van der Waals surface area contributed by atoms with E-state index >= 15 is 0 Å². The molecule has 0 spiro atoms. The zero-order valence-electron chi connectivity index (χ0n) is 15.5. The van der Waals surface area contributed by atoms with E-state index in [1.807, 2.05) is 36.4 Å². The van der Waals surface area contributed by atoms with Gasteiger partial charge in [-0.15, -0.1) is 0 Å². The Morgan fingerprint density at radius 3 is 2.79 bits per heavy atom. The van der Waals surface area contributed by atoms with E-state index in [2.05, 4.69) is 10.3 Å². The van der Waals surface area contributed by atoms with E-state index < -0.39 is 10.8 Å². The summed E-state index contributed by atoms with van der Waals surface area (Å²) in [6, 6.07) is 13.2. The highest BCUT2D eigenvalue weighted by Gasteiger charge is 2.22. The molecule has 0 bridgehead atoms. The maximum Gasteiger partial charge on any atom is 0.139 e. The Morgan fingerprint density at radius 1 is 1.18 bits per heavy atom. The Labute approximate surface area is 171 Å². The van der Waals surface area contributed by atoms with E-state index in [1.165, 1.54) is 0 Å². The lowest BCUT2D eigenvalue weighted by Gasteiger charge is -2.21. The van der Waals surface area contributed by atoms with Crippen LogP contribution in [0.15, 0.2) is 53.6 Å². The highest BCUT2D eigenvalue weighted by atomic mass is 35.5. The molecular formula is C21H21ClN2O3S. The molecule has 1 aliphatic rings. The normalized spacial score (nSPS) is 16.1. The van der Waals surface area contributed by atoms with Crippen molar-refractivity contribution in [1.82, 2.24) is 4.98 Å². The monoisotopic (exact) mass is 416 g/mol. The van der Waals surface area contributed by atoms with Gasteiger partial charge in [-0.25, -0.2) is 0 Å². The summed E-state index contributed by atoms with van der Waals surface area (Å²) in [5, 5.41) is 5.02. The minimum Gasteiger partial charge on any atom is -0.495 e. The zero-order valence-corrected chi connectivity index (χ0v) is 17.1. The van der Waals surface area contributed by atoms with Crippen molar-refractivity contribution in [3.8, 4) is 5.75 Å². The first-order valence-electron chi connectivity index (χ1n) is 9.13. The van der Waals surface area contributed by atoms with Crippen molar-refractivity contribution in [3.63, 3.8) is 0 Å². The molecule has 0 amide bonds. The lowest BCUT2D eigenvalue weighted by Crippen LogP contribution is -2.24. The number of benzene rings is 2. The summed E-state index contributed by atoms with van der Waals surface area (Å²) in [5.41, 5.74) is 2.59. The number of anilines is 2. The molecule has 0 aliphatic carbocycles. The van der Waals surface area contributed by atoms with Gasteiger partial charge in [0.05, 0.1) is 28.4 Å². The van der Waals surface area contributed by atoms with Crippen LogP contribution in [0.25, 0.3) is 10.9 Å². The zero-order chi connectivity index (χ0) is 19.5. The minimum absolute atomic E-state index is 0.139. The van der Waals surface area contributed by atoms with E-state index in [9.17, 15) is 4.21 Å². The molecule has 1 N–H and O–H groups in total. The van der Waals surface area contributed by atoms with Crippen molar-refractivity contribution in [1.29, 1.82) is 0 Å². The average molecular weight is 417 g/mol. The van der Waals surface area contributed by atoms with Crippen LogP contribution in [0.4, 0.5) is 11.4 Å². The van der Waals surface area contributed by atoms with Gasteiger partial charge in [-0.2, -0.15) is 0 Å². The molecule has 146 valence electrons. The van der Waals surface area contributed by atoms with E-state index in [1.54, 1.807) is 19.4 Å². The van der Waals surface area contributed by atoms with Crippen LogP contribution in [0.3, 0.4) is 0 Å². The van der Waals surface area contributed by atoms with Gasteiger partial charge < -0.3 is 14.8 Å². The number of hydrogen-bond acceptors (Lipinski definition) is 5. The van der Waals surface area contributed by atoms with Crippen molar-refractivity contribution in [3.05, 3.63) is 53.7 Å². The fraction of sp³-hybridized carbons (Fsp3) is 0.286. The van der Waals surface area contributed by atoms with Gasteiger partial charge in [-0.1, -0.05) is 11.6 Å². The number of hydrogen-bond donors (Lipinski definition) is 1. The molecule has 1 unspecified atom stereocenters. The number of pyridine rings is 1. The fourth-order valence-electron chi connectivity index (χ4n) is 3.34. The number of methoxy groups -OCH3 is 1. The molecule has 1 saturated heterocycles. The van der Waals surface area contributed by atoms with Crippen molar-refractivity contribution < 1.29 is 13.7 Å². The van der Waals surface area contributed by atoms with Crippen LogP contribution in [0.1, 0.15) is 12.8 Å². The molecule has 28 heavy (non-hydrogen) atoms. The number of fused-ring (bicyclic) bond motifs is 1. The van der Waals surface area contributed by atoms with E-state index in [-0.39, 0.29) is 5.25 Å². The Morgan fingerprint density at radius 2 is 2.00 bits per heavy atom. The summed E-state index contributed by atoms with van der Waals surface area (Å²) >= 11 is 6.12. The number of rotatable bonds is 5. The molecule has 7 heteroatoms. The molecule has 1 aromatic heterocycles. The van der Waals surface area contributed by atoms with Gasteiger partial charge in [0, 0.05) is 52.4 Å². The molecule has 4 rings (SSSR count). The molecule has 1 atom stereocenters. The Kier molecular flexibility index (Phi) is 5.80. The topological polar surface area (TPSA) is 60.5 Å². The molecule has 5 nitrogen and oxygen atoms in total. The van der Waals surface area contributed by atoms with Gasteiger partial charge in [0.25, 0.3) is 0 Å². The van der Waals surface area contributed by atoms with Crippen LogP contribution in [0.5, 0.6) is 5.75 Å². The van der Waals surface area contributed by atoms with Crippen molar-refractivity contribution >= 4 is 44.7 Å². The lowest BCUT2D eigenvalue weighted by atomic mass is 10.2. The molecule has 1 fully saturated rings. The summed E-state index contributed by atoms with van der Waals surface area (Å²) in [5.74, 6) is 0.603. The first-order chi connectivity index (χ1) is 13.7. The second-order valence-corrected chi connectivity index (χ2v) is 8.76. The second kappa shape index (κ2) is 8.47. The smallest absolute Gasteiger partial charge is 0.139 e. The molecule has 2 aromatic carbocycles. The van der Waals surface area contributed by atoms with Gasteiger partial charge >= 0.3 is 0 Å². The largest absolute Gasteiger partial charge is 0.495 e. The summed E-state index contributed by atoms with van der Waals surface area (Å²) in [7, 11) is 0.526. The number of nitrogens with zero attached hydrogens (tertiary/aromatic N) is 1. The lowest BCUT2D eigenvalue weighted by molar-refractivity contribution is 0.0992. The molecule has 3 aromatic rings. The maximum absolute atomic E-state index is 13.0. The van der Waals surface area contributed by atoms with Crippen molar-refractivity contribution in [2.75, 3.05) is 25.6 Å². The van der Waals surface area contributed by atoms with E-state index in [0.717, 1.165) is 40.0 Å². The molecule has 0 saturated carbocycles. The van der Waals surface area contributed by atoms with Crippen LogP contribution in [0.2, 0.25) is 5.02 Å². The summed E-state index contributed by atoms with van der Waals surface area (Å²) in [4.78, 5) is 5.26. The fourth-order valence-corrected chi connectivity index (χ4v) is 4.97. The van der Waals surface area contributed by atoms with Crippen molar-refractivity contribution in [2.45, 2.75) is 23.0 Å². The Bertz CT molecular complexity index is 1020. The third kappa shape index (κ3) is 3.99. The van der Waals surface area contributed by atoms with Crippen LogP contribution < -0.4 is 10.1 Å². The minimum atomic E-state index is -1.06. The van der Waals surface area contributed by atoms with Crippen LogP contribution in [0, 0.1) is 0 Å². The second-order valence-electron chi connectivity index (χ2n) is 6.62. The summed E-state index contributed by atoms with van der Waals surface area (Å²) in [6.45, 7) is 1.35. The standard InChI is InChI=1S/C21H21ClN2O3S/c1-26-21-12-14(2-4-18(21)22)24-20-6-9-23-19-5-3-16(13-17(19)20)28(25)15-7-10-27-11-8-15/h2-6,9,12-13,15H,7-8,10-11H2,1H3,(H,23,24). The Hall–Kier alpha value is -2.15. The van der Waals surface area contributed by atoms with Gasteiger partial charge in [0.2, 0.25) is 0 Å². The number of halogens is 1. The third-order valence-electron chi connectivity index (χ3n) is 4.85. The number of ether oxygens (including phenoxy) is 2. The van der Waals surface area contributed by atoms with Crippen molar-refractivity contribution in [2.24, 2.45) is 0 Å². The SMILES string of the molecule is COc1cc(Nc2ccnc3ccc(S(=O)C4CCOCC4)cc23)ccc1Cl. The summed E-state index contributed by atoms with van der Waals surface area (Å²) < 4.78 is 23.7.